The summed E-state index contributed by atoms with van der Waals surface area (Å²) in [6, 6.07) is 1.07. The lowest BCUT2D eigenvalue weighted by molar-refractivity contribution is 0.123. The van der Waals surface area contributed by atoms with Gasteiger partial charge in [-0.1, -0.05) is 23.2 Å². The molecule has 4 aromatic rings. The van der Waals surface area contributed by atoms with Gasteiger partial charge >= 0.3 is 6.03 Å². The number of urea groups is 1. The van der Waals surface area contributed by atoms with Crippen LogP contribution in [0.1, 0.15) is 0 Å². The van der Waals surface area contributed by atoms with Gasteiger partial charge in [0.2, 0.25) is 0 Å². The number of nitrogens with zero attached hydrogens (tertiary/aromatic N) is 8. The second-order valence-corrected chi connectivity index (χ2v) is 7.56. The van der Waals surface area contributed by atoms with Gasteiger partial charge in [0.25, 0.3) is 0 Å². The molecule has 1 saturated heterocycles. The van der Waals surface area contributed by atoms with Gasteiger partial charge in [-0.15, -0.1) is 4.80 Å². The number of carbonyl (C=O) groups excluding carboxylic acids is 1. The number of amides is 2. The normalized spacial score (nSPS) is 14.0. The fraction of sp³-hybridized carbons (Fsp3) is 0.222. The van der Waals surface area contributed by atoms with E-state index in [4.69, 9.17) is 27.9 Å². The van der Waals surface area contributed by atoms with Crippen molar-refractivity contribution >= 4 is 51.9 Å². The molecule has 5 rings (SSSR count). The molecule has 12 nitrogen and oxygen atoms in total. The van der Waals surface area contributed by atoms with Crippen LogP contribution in [0.15, 0.2) is 37.1 Å². The lowest BCUT2D eigenvalue weighted by Crippen LogP contribution is -2.37. The smallest absolute Gasteiger partial charge is 0.323 e. The number of morpholine rings is 1. The number of imidazole rings is 1. The number of hydrogen-bond donors (Lipinski definition) is 2. The molecule has 0 unspecified atom stereocenters. The van der Waals surface area contributed by atoms with E-state index in [0.717, 1.165) is 0 Å². The van der Waals surface area contributed by atoms with Crippen LogP contribution in [0.5, 0.6) is 0 Å². The van der Waals surface area contributed by atoms with Crippen molar-refractivity contribution in [3.05, 3.63) is 47.2 Å². The van der Waals surface area contributed by atoms with Crippen LogP contribution < -0.4 is 15.5 Å². The van der Waals surface area contributed by atoms with E-state index in [-0.39, 0.29) is 5.02 Å². The number of hydrogen-bond acceptors (Lipinski definition) is 8. The molecule has 1 fully saturated rings. The molecule has 1 aliphatic heterocycles. The molecule has 0 aromatic carbocycles. The van der Waals surface area contributed by atoms with Gasteiger partial charge in [-0.3, -0.25) is 0 Å². The Morgan fingerprint density at radius 3 is 2.59 bits per heavy atom. The largest absolute Gasteiger partial charge is 0.378 e. The van der Waals surface area contributed by atoms with Crippen LogP contribution in [0.25, 0.3) is 11.5 Å². The Balaban J connectivity index is 1.39. The molecule has 2 amide bonds. The molecule has 14 heteroatoms. The van der Waals surface area contributed by atoms with Crippen molar-refractivity contribution in [1.82, 2.24) is 34.6 Å². The molecule has 164 valence electrons. The number of rotatable bonds is 4. The number of anilines is 3. The Morgan fingerprint density at radius 1 is 1.06 bits per heavy atom. The average Bonchev–Trinajstić information content (AvgIpc) is 3.43. The van der Waals surface area contributed by atoms with Crippen LogP contribution in [0.4, 0.5) is 21.9 Å². The zero-order chi connectivity index (χ0) is 22.1. The maximum Gasteiger partial charge on any atom is 0.323 e. The highest BCUT2D eigenvalue weighted by Crippen LogP contribution is 2.31. The third-order valence-electron chi connectivity index (χ3n) is 4.70. The van der Waals surface area contributed by atoms with E-state index >= 15 is 0 Å². The fourth-order valence-corrected chi connectivity index (χ4v) is 3.75. The quantitative estimate of drug-likeness (QED) is 0.461. The highest BCUT2D eigenvalue weighted by atomic mass is 35.5. The average molecular weight is 475 g/mol. The first-order chi connectivity index (χ1) is 15.6. The predicted molar refractivity (Wildman–Crippen MR) is 118 cm³/mol. The van der Waals surface area contributed by atoms with E-state index in [1.165, 1.54) is 23.4 Å². The zero-order valence-corrected chi connectivity index (χ0v) is 18.0. The lowest BCUT2D eigenvalue weighted by atomic mass is 10.3. The molecule has 1 aliphatic rings. The molecule has 2 N–H and O–H groups in total. The first-order valence-electron chi connectivity index (χ1n) is 9.55. The summed E-state index contributed by atoms with van der Waals surface area (Å²) in [7, 11) is 0. The lowest BCUT2D eigenvalue weighted by Gasteiger charge is -2.30. The van der Waals surface area contributed by atoms with Crippen LogP contribution in [0.2, 0.25) is 10.2 Å². The number of aromatic nitrogens is 7. The number of pyridine rings is 1. The number of halogens is 2. The summed E-state index contributed by atoms with van der Waals surface area (Å²) in [5.74, 6) is 0.350. The Hall–Kier alpha value is -3.48. The van der Waals surface area contributed by atoms with Crippen LogP contribution >= 0.6 is 23.2 Å². The van der Waals surface area contributed by atoms with Crippen LogP contribution in [0.3, 0.4) is 0 Å². The van der Waals surface area contributed by atoms with Crippen molar-refractivity contribution in [2.75, 3.05) is 41.8 Å². The maximum absolute atomic E-state index is 12.7. The van der Waals surface area contributed by atoms with Gasteiger partial charge in [0, 0.05) is 13.1 Å². The second kappa shape index (κ2) is 8.57. The van der Waals surface area contributed by atoms with Gasteiger partial charge in [-0.25, -0.2) is 19.3 Å². The molecule has 0 atom stereocenters. The molecule has 0 bridgehead atoms. The molecule has 4 aromatic heterocycles. The summed E-state index contributed by atoms with van der Waals surface area (Å²) in [6.45, 7) is 2.41. The third kappa shape index (κ3) is 4.02. The number of carbonyl (C=O) groups is 1. The van der Waals surface area contributed by atoms with Crippen molar-refractivity contribution in [2.45, 2.75) is 0 Å². The Kier molecular flexibility index (Phi) is 5.47. The fourth-order valence-electron chi connectivity index (χ4n) is 3.34. The molecule has 5 heterocycles. The standard InChI is InChI=1S/C18H16Cl2N10O2/c19-12-7-11(8-21-16(12)30-22-1-2-23-30)25-18(31)26-13-9-24-29-10-14(20)27-17(29)15(13)28-3-5-32-6-4-28/h1-2,7-10H,3-6H2,(H2,25,26,31). The van der Waals surface area contributed by atoms with E-state index in [1.807, 2.05) is 0 Å². The SMILES string of the molecule is O=C(Nc1cnc(-n2nccn2)c(Cl)c1)Nc1cnn2cc(Cl)nc2c1N1CCOCC1. The van der Waals surface area contributed by atoms with Crippen molar-refractivity contribution in [3.63, 3.8) is 0 Å². The van der Waals surface area contributed by atoms with E-state index in [0.29, 0.717) is 60.0 Å². The van der Waals surface area contributed by atoms with Gasteiger partial charge in [0.1, 0.15) is 10.8 Å². The Morgan fingerprint density at radius 2 is 1.84 bits per heavy atom. The molecular formula is C18H16Cl2N10O2. The summed E-state index contributed by atoms with van der Waals surface area (Å²) in [5.41, 5.74) is 2.13. The molecule has 0 radical (unpaired) electrons. The Labute approximate surface area is 191 Å². The van der Waals surface area contributed by atoms with Gasteiger partial charge < -0.3 is 20.3 Å². The van der Waals surface area contributed by atoms with E-state index < -0.39 is 6.03 Å². The molecular weight excluding hydrogens is 459 g/mol. The summed E-state index contributed by atoms with van der Waals surface area (Å²) in [5, 5.41) is 18.4. The topological polar surface area (TPSA) is 127 Å². The number of ether oxygens (including phenoxy) is 1. The summed E-state index contributed by atoms with van der Waals surface area (Å²) >= 11 is 12.4. The first-order valence-corrected chi connectivity index (χ1v) is 10.3. The monoisotopic (exact) mass is 474 g/mol. The van der Waals surface area contributed by atoms with Crippen molar-refractivity contribution in [2.24, 2.45) is 0 Å². The highest BCUT2D eigenvalue weighted by molar-refractivity contribution is 6.32. The van der Waals surface area contributed by atoms with E-state index in [1.54, 1.807) is 23.0 Å². The summed E-state index contributed by atoms with van der Waals surface area (Å²) in [6.07, 6.45) is 7.65. The minimum absolute atomic E-state index is 0.281. The zero-order valence-electron chi connectivity index (χ0n) is 16.4. The first kappa shape index (κ1) is 20.4. The second-order valence-electron chi connectivity index (χ2n) is 6.77. The molecule has 0 aliphatic carbocycles. The number of fused-ring (bicyclic) bond motifs is 1. The molecule has 0 spiro atoms. The van der Waals surface area contributed by atoms with E-state index in [2.05, 4.69) is 40.8 Å². The van der Waals surface area contributed by atoms with Gasteiger partial charge in [-0.2, -0.15) is 15.3 Å². The molecule has 32 heavy (non-hydrogen) atoms. The van der Waals surface area contributed by atoms with Crippen LogP contribution in [0, 0.1) is 0 Å². The van der Waals surface area contributed by atoms with Crippen molar-refractivity contribution < 1.29 is 9.53 Å². The Bertz CT molecular complexity index is 1270. The minimum Gasteiger partial charge on any atom is -0.378 e. The van der Waals surface area contributed by atoms with Gasteiger partial charge in [0.05, 0.1) is 60.6 Å². The number of nitrogens with one attached hydrogen (secondary N) is 2. The van der Waals surface area contributed by atoms with E-state index in [9.17, 15) is 4.79 Å². The van der Waals surface area contributed by atoms with Gasteiger partial charge in [-0.05, 0) is 6.07 Å². The minimum atomic E-state index is -0.494. The van der Waals surface area contributed by atoms with Crippen LogP contribution in [-0.4, -0.2) is 66.9 Å². The van der Waals surface area contributed by atoms with Gasteiger partial charge in [0.15, 0.2) is 11.5 Å². The van der Waals surface area contributed by atoms with Crippen molar-refractivity contribution in [1.29, 1.82) is 0 Å². The summed E-state index contributed by atoms with van der Waals surface area (Å²) in [4.78, 5) is 24.7. The maximum atomic E-state index is 12.7. The molecule has 0 saturated carbocycles. The third-order valence-corrected chi connectivity index (χ3v) is 5.16. The van der Waals surface area contributed by atoms with Crippen LogP contribution in [-0.2, 0) is 4.74 Å². The summed E-state index contributed by atoms with van der Waals surface area (Å²) < 4.78 is 7.02. The van der Waals surface area contributed by atoms with Crippen molar-refractivity contribution in [3.8, 4) is 5.82 Å². The highest BCUT2D eigenvalue weighted by Gasteiger charge is 2.22. The predicted octanol–water partition coefficient (Wildman–Crippen LogP) is 2.49.